The maximum Gasteiger partial charge on any atom is 0.255 e. The molecule has 1 saturated carbocycles. The molecule has 53 heavy (non-hydrogen) atoms. The number of benzene rings is 2. The topological polar surface area (TPSA) is 153 Å². The van der Waals surface area contributed by atoms with E-state index in [0.717, 1.165) is 5.82 Å². The summed E-state index contributed by atoms with van der Waals surface area (Å²) in [5.74, 6) is -0.961. The molecule has 1 atom stereocenters. The molecule has 0 bridgehead atoms. The molecule has 2 N–H and O–H groups in total. The molecule has 276 valence electrons. The third kappa shape index (κ3) is 6.27. The Morgan fingerprint density at radius 1 is 1.06 bits per heavy atom. The van der Waals surface area contributed by atoms with Crippen LogP contribution in [0.1, 0.15) is 77.9 Å². The predicted octanol–water partition coefficient (Wildman–Crippen LogP) is 4.52. The first kappa shape index (κ1) is 36.3. The lowest BCUT2D eigenvalue weighted by Gasteiger charge is -2.66. The number of carbonyl (C=O) groups excluding carboxylic acids is 4. The van der Waals surface area contributed by atoms with Crippen LogP contribution in [0.3, 0.4) is 0 Å². The van der Waals surface area contributed by atoms with Gasteiger partial charge in [0, 0.05) is 79.9 Å². The second kappa shape index (κ2) is 13.4. The zero-order chi connectivity index (χ0) is 38.0. The zero-order valence-corrected chi connectivity index (χ0v) is 30.8. The molecule has 2 saturated heterocycles. The van der Waals surface area contributed by atoms with Crippen LogP contribution in [-0.2, 0) is 22.7 Å². The Hall–Kier alpha value is -5.06. The van der Waals surface area contributed by atoms with Crippen molar-refractivity contribution in [3.63, 3.8) is 0 Å². The van der Waals surface area contributed by atoms with Crippen LogP contribution in [0.15, 0.2) is 48.7 Å². The van der Waals surface area contributed by atoms with Gasteiger partial charge in [0.2, 0.25) is 11.8 Å². The van der Waals surface area contributed by atoms with Gasteiger partial charge in [0.05, 0.1) is 22.2 Å². The van der Waals surface area contributed by atoms with Gasteiger partial charge in [-0.05, 0) is 48.4 Å². The standard InChI is InChI=1S/C39H41ClFN7O5/c1-38(2)36(39(3,4)37(38)53-26-7-5-22(18-42)28(40)16-26)48-32(49)10-8-30(35(48)52)47-21-24-15-25(29(41)17-27(24)34(47)51)20-45-11-13-46(14-12-45)31-9-6-23(19-44-31)33(43)50/h5-7,9,15-17,19,30,36-37H,8,10-14,20-21H2,1-4H3,(H2,43,50). The van der Waals surface area contributed by atoms with Gasteiger partial charge in [0.15, 0.2) is 0 Å². The molecule has 3 aliphatic heterocycles. The number of likely N-dealkylation sites (tertiary alicyclic amines) is 1. The Balaban J connectivity index is 1.02. The number of nitriles is 1. The van der Waals surface area contributed by atoms with Crippen LogP contribution >= 0.6 is 11.6 Å². The molecule has 7 rings (SSSR count). The van der Waals surface area contributed by atoms with Gasteiger partial charge in [-0.25, -0.2) is 9.37 Å². The number of nitrogens with two attached hydrogens (primary N) is 1. The van der Waals surface area contributed by atoms with Crippen molar-refractivity contribution in [2.75, 3.05) is 31.1 Å². The number of rotatable bonds is 8. The molecule has 1 aliphatic carbocycles. The summed E-state index contributed by atoms with van der Waals surface area (Å²) in [6.45, 7) is 10.9. The Morgan fingerprint density at radius 3 is 2.40 bits per heavy atom. The lowest BCUT2D eigenvalue weighted by molar-refractivity contribution is -0.216. The van der Waals surface area contributed by atoms with E-state index in [1.807, 2.05) is 33.8 Å². The number of pyridine rings is 1. The minimum absolute atomic E-state index is 0.0896. The quantitative estimate of drug-likeness (QED) is 0.329. The molecular weight excluding hydrogens is 701 g/mol. The lowest BCUT2D eigenvalue weighted by atomic mass is 9.48. The minimum Gasteiger partial charge on any atom is -0.489 e. The number of piperidine rings is 1. The highest BCUT2D eigenvalue weighted by atomic mass is 35.5. The van der Waals surface area contributed by atoms with Crippen molar-refractivity contribution in [1.29, 1.82) is 5.26 Å². The van der Waals surface area contributed by atoms with Crippen LogP contribution in [0.5, 0.6) is 5.75 Å². The number of aromatic nitrogens is 1. The summed E-state index contributed by atoms with van der Waals surface area (Å²) in [5.41, 5.74) is 6.03. The van der Waals surface area contributed by atoms with Gasteiger partial charge in [-0.2, -0.15) is 5.26 Å². The Labute approximate surface area is 312 Å². The summed E-state index contributed by atoms with van der Waals surface area (Å²) < 4.78 is 21.9. The molecule has 3 fully saturated rings. The summed E-state index contributed by atoms with van der Waals surface area (Å²) in [6, 6.07) is 11.9. The molecule has 0 radical (unpaired) electrons. The van der Waals surface area contributed by atoms with Gasteiger partial charge >= 0.3 is 0 Å². The van der Waals surface area contributed by atoms with E-state index < -0.39 is 52.6 Å². The van der Waals surface area contributed by atoms with Crippen molar-refractivity contribution >= 4 is 41.0 Å². The van der Waals surface area contributed by atoms with Gasteiger partial charge in [-0.15, -0.1) is 0 Å². The smallest absolute Gasteiger partial charge is 0.255 e. The van der Waals surface area contributed by atoms with Crippen molar-refractivity contribution in [2.24, 2.45) is 16.6 Å². The molecule has 12 nitrogen and oxygen atoms in total. The second-order valence-electron chi connectivity index (χ2n) is 15.5. The molecule has 3 aromatic rings. The third-order valence-corrected chi connectivity index (χ3v) is 11.7. The molecule has 1 aromatic heterocycles. The number of nitrogens with zero attached hydrogens (tertiary/aromatic N) is 6. The Morgan fingerprint density at radius 2 is 1.77 bits per heavy atom. The maximum atomic E-state index is 15.6. The van der Waals surface area contributed by atoms with E-state index in [2.05, 4.69) is 14.8 Å². The summed E-state index contributed by atoms with van der Waals surface area (Å²) in [6.07, 6.45) is 1.33. The van der Waals surface area contributed by atoms with E-state index in [-0.39, 0.29) is 35.9 Å². The SMILES string of the molecule is CC1(C)C(Oc2ccc(C#N)c(Cl)c2)C(C)(C)C1N1C(=O)CCC(N2Cc3cc(CN4CCN(c5ccc(C(N)=O)cn5)CC4)c(F)cc3C2=O)C1=O. The highest BCUT2D eigenvalue weighted by molar-refractivity contribution is 6.31. The Kier molecular flexibility index (Phi) is 9.19. The number of halogens is 2. The highest BCUT2D eigenvalue weighted by Gasteiger charge is 2.68. The molecule has 4 heterocycles. The molecule has 0 spiro atoms. The van der Waals surface area contributed by atoms with Crippen LogP contribution in [0, 0.1) is 28.0 Å². The zero-order valence-electron chi connectivity index (χ0n) is 30.1. The average molecular weight is 742 g/mol. The van der Waals surface area contributed by atoms with E-state index in [0.29, 0.717) is 60.7 Å². The lowest BCUT2D eigenvalue weighted by Crippen LogP contribution is -2.77. The van der Waals surface area contributed by atoms with Crippen LogP contribution in [-0.4, -0.2) is 87.7 Å². The average Bonchev–Trinajstić information content (AvgIpc) is 3.43. The summed E-state index contributed by atoms with van der Waals surface area (Å²) in [7, 11) is 0. The van der Waals surface area contributed by atoms with Crippen molar-refractivity contribution < 1.29 is 28.3 Å². The summed E-state index contributed by atoms with van der Waals surface area (Å²) in [4.78, 5) is 64.3. The molecule has 4 aliphatic rings. The van der Waals surface area contributed by atoms with Crippen LogP contribution in [0.25, 0.3) is 0 Å². The third-order valence-electron chi connectivity index (χ3n) is 11.4. The predicted molar refractivity (Wildman–Crippen MR) is 193 cm³/mol. The number of amides is 4. The van der Waals surface area contributed by atoms with E-state index >= 15 is 4.39 Å². The number of piperazine rings is 1. The van der Waals surface area contributed by atoms with Crippen LogP contribution < -0.4 is 15.4 Å². The van der Waals surface area contributed by atoms with Crippen molar-refractivity contribution in [1.82, 2.24) is 19.7 Å². The minimum atomic E-state index is -0.873. The number of primary amides is 1. The fourth-order valence-corrected chi connectivity index (χ4v) is 9.31. The van der Waals surface area contributed by atoms with E-state index in [9.17, 15) is 24.4 Å². The summed E-state index contributed by atoms with van der Waals surface area (Å²) >= 11 is 6.26. The van der Waals surface area contributed by atoms with Gasteiger partial charge in [-0.3, -0.25) is 29.0 Å². The number of imide groups is 1. The largest absolute Gasteiger partial charge is 0.489 e. The van der Waals surface area contributed by atoms with Crippen LogP contribution in [0.4, 0.5) is 10.2 Å². The first-order valence-electron chi connectivity index (χ1n) is 17.7. The van der Waals surface area contributed by atoms with E-state index in [1.165, 1.54) is 22.1 Å². The fourth-order valence-electron chi connectivity index (χ4n) is 9.10. The number of fused-ring (bicyclic) bond motifs is 1. The van der Waals surface area contributed by atoms with E-state index in [4.69, 9.17) is 22.1 Å². The monoisotopic (exact) mass is 741 g/mol. The van der Waals surface area contributed by atoms with E-state index in [1.54, 1.807) is 36.4 Å². The first-order chi connectivity index (χ1) is 25.1. The number of ether oxygens (including phenoxy) is 1. The van der Waals surface area contributed by atoms with Crippen LogP contribution in [0.2, 0.25) is 5.02 Å². The molecule has 14 heteroatoms. The fraction of sp³-hybridized carbons (Fsp3) is 0.436. The number of hydrogen-bond acceptors (Lipinski definition) is 9. The highest BCUT2D eigenvalue weighted by Crippen LogP contribution is 2.58. The number of carbonyl (C=O) groups is 4. The first-order valence-corrected chi connectivity index (χ1v) is 18.1. The second-order valence-corrected chi connectivity index (χ2v) is 15.9. The van der Waals surface area contributed by atoms with Gasteiger partial charge in [0.25, 0.3) is 11.8 Å². The van der Waals surface area contributed by atoms with Gasteiger partial charge in [0.1, 0.15) is 35.6 Å². The van der Waals surface area contributed by atoms with Gasteiger partial charge in [-0.1, -0.05) is 39.3 Å². The molecule has 2 aromatic carbocycles. The van der Waals surface area contributed by atoms with Crippen molar-refractivity contribution in [2.45, 2.75) is 71.8 Å². The van der Waals surface area contributed by atoms with Crippen molar-refractivity contribution in [3.05, 3.63) is 87.3 Å². The molecule has 1 unspecified atom stereocenters. The van der Waals surface area contributed by atoms with Gasteiger partial charge < -0.3 is 20.3 Å². The number of anilines is 1. The Bertz CT molecular complexity index is 2040. The molecular formula is C39H41ClFN7O5. The van der Waals surface area contributed by atoms with Crippen molar-refractivity contribution in [3.8, 4) is 11.8 Å². The summed E-state index contributed by atoms with van der Waals surface area (Å²) in [5, 5.41) is 9.52. The maximum absolute atomic E-state index is 15.6. The molecule has 4 amide bonds. The normalized spacial score (nSPS) is 23.8. The number of hydrogen-bond donors (Lipinski definition) is 1.